The van der Waals surface area contributed by atoms with Crippen molar-refractivity contribution in [3.8, 4) is 11.5 Å². The normalized spacial score (nSPS) is 17.6. The molecule has 0 radical (unpaired) electrons. The third-order valence-corrected chi connectivity index (χ3v) is 6.87. The van der Waals surface area contributed by atoms with Gasteiger partial charge in [0.1, 0.15) is 17.3 Å². The van der Waals surface area contributed by atoms with Crippen molar-refractivity contribution >= 4 is 34.8 Å². The summed E-state index contributed by atoms with van der Waals surface area (Å²) in [7, 11) is 1.59. The van der Waals surface area contributed by atoms with Gasteiger partial charge in [-0.2, -0.15) is 0 Å². The summed E-state index contributed by atoms with van der Waals surface area (Å²) in [5, 5.41) is 8.92. The molecule has 2 amide bonds. The maximum Gasteiger partial charge on any atom is 0.271 e. The number of nitrogens with zero attached hydrogens (tertiary/aromatic N) is 1. The van der Waals surface area contributed by atoms with Crippen molar-refractivity contribution in [1.29, 1.82) is 0 Å². The fraction of sp³-hybridized carbons (Fsp3) is 0.320. The number of hydrogen-bond acceptors (Lipinski definition) is 6. The molecule has 1 saturated carbocycles. The zero-order valence-corrected chi connectivity index (χ0v) is 20.3. The maximum atomic E-state index is 12.9. The fourth-order valence-corrected chi connectivity index (χ4v) is 4.88. The van der Waals surface area contributed by atoms with E-state index in [4.69, 9.17) is 21.1 Å². The van der Waals surface area contributed by atoms with Crippen LogP contribution < -0.4 is 20.1 Å². The van der Waals surface area contributed by atoms with Gasteiger partial charge in [-0.05, 0) is 37.1 Å². The van der Waals surface area contributed by atoms with Gasteiger partial charge >= 0.3 is 0 Å². The molecule has 1 aliphatic carbocycles. The maximum absolute atomic E-state index is 12.9. The molecule has 178 valence electrons. The minimum Gasteiger partial charge on any atom is -0.493 e. The highest BCUT2D eigenvalue weighted by Crippen LogP contribution is 2.27. The minimum atomic E-state index is -0.260. The van der Waals surface area contributed by atoms with Crippen LogP contribution in [0.15, 0.2) is 53.9 Å². The number of methoxy groups -OCH3 is 1. The van der Waals surface area contributed by atoms with Gasteiger partial charge in [0.25, 0.3) is 11.8 Å². The number of hydrogen-bond donors (Lipinski definition) is 2. The fourth-order valence-electron chi connectivity index (χ4n) is 3.97. The lowest BCUT2D eigenvalue weighted by atomic mass is 9.90. The summed E-state index contributed by atoms with van der Waals surface area (Å²) in [5.41, 5.74) is 0.768. The second-order valence-electron chi connectivity index (χ2n) is 7.99. The molecule has 4 rings (SSSR count). The van der Waals surface area contributed by atoms with E-state index in [0.717, 1.165) is 25.7 Å². The first kappa shape index (κ1) is 24.0. The monoisotopic (exact) mass is 499 g/mol. The average Bonchev–Trinajstić information content (AvgIpc) is 3.33. The highest BCUT2D eigenvalue weighted by atomic mass is 35.5. The topological polar surface area (TPSA) is 89.6 Å². The van der Waals surface area contributed by atoms with Gasteiger partial charge in [-0.3, -0.25) is 9.59 Å². The molecular weight excluding hydrogens is 474 g/mol. The highest BCUT2D eigenvalue weighted by molar-refractivity contribution is 7.09. The van der Waals surface area contributed by atoms with Crippen LogP contribution in [0.1, 0.15) is 51.5 Å². The molecule has 1 fully saturated rings. The Kier molecular flexibility index (Phi) is 8.03. The molecule has 2 atom stereocenters. The number of para-hydroxylation sites is 2. The van der Waals surface area contributed by atoms with Crippen molar-refractivity contribution in [3.63, 3.8) is 0 Å². The van der Waals surface area contributed by atoms with Crippen LogP contribution in [0.2, 0.25) is 5.02 Å². The lowest BCUT2D eigenvalue weighted by Gasteiger charge is -2.32. The number of thiazole rings is 1. The number of amides is 2. The third kappa shape index (κ3) is 5.87. The lowest BCUT2D eigenvalue weighted by molar-refractivity contribution is 0.0860. The standard InChI is InChI=1S/C25H26ClN3O4S/c1-32-21-12-6-7-13-22(21)33-14-23-27-20(15-34-23)25(31)29-19-11-5-4-10-18(19)28-24(30)16-8-2-3-9-17(16)26/h2-3,6-9,12-13,15,18-19H,4-5,10-11,14H2,1H3,(H,28,30)(H,29,31)/t18-,19+/m0/s1. The number of aromatic nitrogens is 1. The molecule has 3 aromatic rings. The molecule has 0 saturated heterocycles. The van der Waals surface area contributed by atoms with E-state index in [1.54, 1.807) is 36.8 Å². The number of benzene rings is 2. The van der Waals surface area contributed by atoms with Gasteiger partial charge in [0.05, 0.1) is 17.7 Å². The number of halogens is 1. The SMILES string of the molecule is COc1ccccc1OCc1nc(C(=O)N[C@@H]2CCCC[C@@H]2NC(=O)c2ccccc2Cl)cs1. The summed E-state index contributed by atoms with van der Waals surface area (Å²) < 4.78 is 11.1. The molecular formula is C25H26ClN3O4S. The van der Waals surface area contributed by atoms with E-state index < -0.39 is 0 Å². The summed E-state index contributed by atoms with van der Waals surface area (Å²) >= 11 is 7.53. The Bertz CT molecular complexity index is 1150. The van der Waals surface area contributed by atoms with Crippen LogP contribution in [0.25, 0.3) is 0 Å². The van der Waals surface area contributed by atoms with E-state index in [2.05, 4.69) is 15.6 Å². The number of carbonyl (C=O) groups is 2. The molecule has 1 aliphatic rings. The summed E-state index contributed by atoms with van der Waals surface area (Å²) in [6.07, 6.45) is 3.54. The summed E-state index contributed by atoms with van der Waals surface area (Å²) in [6, 6.07) is 14.0. The first-order chi connectivity index (χ1) is 16.5. The van der Waals surface area contributed by atoms with Crippen LogP contribution in [0, 0.1) is 0 Å². The van der Waals surface area contributed by atoms with Crippen LogP contribution in [-0.2, 0) is 6.61 Å². The summed E-state index contributed by atoms with van der Waals surface area (Å²) in [5.74, 6) is 0.759. The Morgan fingerprint density at radius 2 is 1.65 bits per heavy atom. The van der Waals surface area contributed by atoms with Crippen molar-refractivity contribution in [3.05, 3.63) is 75.2 Å². The number of carbonyl (C=O) groups excluding carboxylic acids is 2. The van der Waals surface area contributed by atoms with Crippen LogP contribution in [0.3, 0.4) is 0 Å². The molecule has 34 heavy (non-hydrogen) atoms. The Hall–Kier alpha value is -3.10. The Labute approximate surface area is 207 Å². The van der Waals surface area contributed by atoms with E-state index in [1.165, 1.54) is 11.3 Å². The van der Waals surface area contributed by atoms with Crippen LogP contribution in [-0.4, -0.2) is 36.0 Å². The zero-order valence-electron chi connectivity index (χ0n) is 18.8. The largest absolute Gasteiger partial charge is 0.493 e. The minimum absolute atomic E-state index is 0.173. The van der Waals surface area contributed by atoms with Crippen LogP contribution in [0.5, 0.6) is 11.5 Å². The Morgan fingerprint density at radius 3 is 2.35 bits per heavy atom. The summed E-state index contributed by atoms with van der Waals surface area (Å²) in [6.45, 7) is 0.234. The molecule has 1 heterocycles. The number of ether oxygens (including phenoxy) is 2. The van der Waals surface area contributed by atoms with Crippen LogP contribution >= 0.6 is 22.9 Å². The summed E-state index contributed by atoms with van der Waals surface area (Å²) in [4.78, 5) is 30.1. The molecule has 7 nitrogen and oxygen atoms in total. The van der Waals surface area contributed by atoms with Gasteiger partial charge in [-0.15, -0.1) is 11.3 Å². The molecule has 0 bridgehead atoms. The smallest absolute Gasteiger partial charge is 0.271 e. The Balaban J connectivity index is 1.36. The predicted octanol–water partition coefficient (Wildman–Crippen LogP) is 4.86. The van der Waals surface area contributed by atoms with Gasteiger partial charge in [0, 0.05) is 17.5 Å². The molecule has 1 aromatic heterocycles. The lowest BCUT2D eigenvalue weighted by Crippen LogP contribution is -2.53. The number of nitrogens with one attached hydrogen (secondary N) is 2. The van der Waals surface area contributed by atoms with Gasteiger partial charge in [-0.1, -0.05) is 48.7 Å². The van der Waals surface area contributed by atoms with E-state index in [9.17, 15) is 9.59 Å². The first-order valence-electron chi connectivity index (χ1n) is 11.1. The highest BCUT2D eigenvalue weighted by Gasteiger charge is 2.29. The van der Waals surface area contributed by atoms with Crippen molar-refractivity contribution < 1.29 is 19.1 Å². The van der Waals surface area contributed by atoms with Crippen molar-refractivity contribution in [2.45, 2.75) is 44.4 Å². The van der Waals surface area contributed by atoms with Crippen molar-refractivity contribution in [2.75, 3.05) is 7.11 Å². The van der Waals surface area contributed by atoms with Gasteiger partial charge in [-0.25, -0.2) is 4.98 Å². The van der Waals surface area contributed by atoms with E-state index in [1.807, 2.05) is 24.3 Å². The quantitative estimate of drug-likeness (QED) is 0.462. The van der Waals surface area contributed by atoms with E-state index in [0.29, 0.717) is 32.8 Å². The second kappa shape index (κ2) is 11.4. The Morgan fingerprint density at radius 1 is 1.00 bits per heavy atom. The molecule has 9 heteroatoms. The molecule has 0 unspecified atom stereocenters. The molecule has 0 aliphatic heterocycles. The molecule has 0 spiro atoms. The van der Waals surface area contributed by atoms with Crippen LogP contribution in [0.4, 0.5) is 0 Å². The van der Waals surface area contributed by atoms with E-state index in [-0.39, 0.29) is 30.5 Å². The zero-order chi connectivity index (χ0) is 23.9. The number of rotatable bonds is 8. The van der Waals surface area contributed by atoms with E-state index >= 15 is 0 Å². The molecule has 2 N–H and O–H groups in total. The predicted molar refractivity (Wildman–Crippen MR) is 132 cm³/mol. The van der Waals surface area contributed by atoms with Crippen molar-refractivity contribution in [2.24, 2.45) is 0 Å². The molecule has 2 aromatic carbocycles. The van der Waals surface area contributed by atoms with Gasteiger partial charge in [0.2, 0.25) is 0 Å². The van der Waals surface area contributed by atoms with Gasteiger partial charge < -0.3 is 20.1 Å². The van der Waals surface area contributed by atoms with Crippen molar-refractivity contribution in [1.82, 2.24) is 15.6 Å². The second-order valence-corrected chi connectivity index (χ2v) is 9.34. The van der Waals surface area contributed by atoms with Gasteiger partial charge in [0.15, 0.2) is 11.5 Å². The first-order valence-corrected chi connectivity index (χ1v) is 12.4. The average molecular weight is 500 g/mol. The third-order valence-electron chi connectivity index (χ3n) is 5.72.